The molecule has 1 heterocycles. The molecular formula is C17H14O5. The Labute approximate surface area is 126 Å². The van der Waals surface area contributed by atoms with Crippen LogP contribution in [0.3, 0.4) is 0 Å². The standard InChI is InChI=1S/C17H14O5/c1-2-17(15(18)19,16(20)21)13-11(8-9-12-14(13)22-12)10-6-4-3-5-7-10/h3-9H,2H2,1H3,(H,18,19)(H,20,21). The number of carboxylic acid groups (broad SMARTS) is 2. The van der Waals surface area contributed by atoms with Crippen molar-refractivity contribution in [3.05, 3.63) is 48.0 Å². The first-order valence-electron chi connectivity index (χ1n) is 6.90. The van der Waals surface area contributed by atoms with Crippen molar-refractivity contribution < 1.29 is 24.5 Å². The third-order valence-electron chi connectivity index (χ3n) is 4.06. The summed E-state index contributed by atoms with van der Waals surface area (Å²) < 4.78 is 5.31. The summed E-state index contributed by atoms with van der Waals surface area (Å²) in [6, 6.07) is 12.6. The molecular weight excluding hydrogens is 284 g/mol. The van der Waals surface area contributed by atoms with E-state index in [1.807, 2.05) is 30.3 Å². The highest BCUT2D eigenvalue weighted by Crippen LogP contribution is 2.56. The molecule has 0 aliphatic carbocycles. The van der Waals surface area contributed by atoms with Crippen LogP contribution in [0, 0.1) is 0 Å². The van der Waals surface area contributed by atoms with E-state index in [0.29, 0.717) is 17.1 Å². The molecule has 112 valence electrons. The lowest BCUT2D eigenvalue weighted by molar-refractivity contribution is -0.157. The van der Waals surface area contributed by atoms with Crippen molar-refractivity contribution in [2.75, 3.05) is 0 Å². The number of hydrogen-bond acceptors (Lipinski definition) is 3. The Balaban J connectivity index is 2.32. The third-order valence-corrected chi connectivity index (χ3v) is 4.06. The Morgan fingerprint density at radius 2 is 1.68 bits per heavy atom. The number of hydrogen-bond donors (Lipinski definition) is 2. The number of benzene rings is 2. The van der Waals surface area contributed by atoms with Crippen LogP contribution in [0.1, 0.15) is 18.9 Å². The van der Waals surface area contributed by atoms with Crippen molar-refractivity contribution in [1.82, 2.24) is 0 Å². The zero-order valence-electron chi connectivity index (χ0n) is 11.9. The third kappa shape index (κ3) is 1.86. The first kappa shape index (κ1) is 14.1. The van der Waals surface area contributed by atoms with Gasteiger partial charge in [-0.1, -0.05) is 43.3 Å². The quantitative estimate of drug-likeness (QED) is 0.557. The van der Waals surface area contributed by atoms with Gasteiger partial charge in [0.25, 0.3) is 0 Å². The molecule has 5 nitrogen and oxygen atoms in total. The zero-order chi connectivity index (χ0) is 15.9. The lowest BCUT2D eigenvalue weighted by Gasteiger charge is -2.25. The second-order valence-corrected chi connectivity index (χ2v) is 5.15. The van der Waals surface area contributed by atoms with Crippen molar-refractivity contribution in [1.29, 1.82) is 0 Å². The number of carboxylic acids is 2. The summed E-state index contributed by atoms with van der Waals surface area (Å²) in [6.07, 6.45) is -0.0721. The molecule has 0 fully saturated rings. The van der Waals surface area contributed by atoms with Crippen LogP contribution >= 0.6 is 0 Å². The number of rotatable bonds is 5. The van der Waals surface area contributed by atoms with Crippen LogP contribution in [0.4, 0.5) is 0 Å². The fourth-order valence-electron chi connectivity index (χ4n) is 2.80. The van der Waals surface area contributed by atoms with Crippen LogP contribution < -0.4 is 4.74 Å². The molecule has 1 aliphatic rings. The predicted octanol–water partition coefficient (Wildman–Crippen LogP) is 3.28. The summed E-state index contributed by atoms with van der Waals surface area (Å²) in [5.41, 5.74) is -0.467. The van der Waals surface area contributed by atoms with Gasteiger partial charge in [0.15, 0.2) is 16.9 Å². The van der Waals surface area contributed by atoms with Crippen molar-refractivity contribution in [2.45, 2.75) is 18.8 Å². The molecule has 0 bridgehead atoms. The second-order valence-electron chi connectivity index (χ2n) is 5.15. The fraction of sp³-hybridized carbons (Fsp3) is 0.176. The average molecular weight is 298 g/mol. The van der Waals surface area contributed by atoms with E-state index in [0.717, 1.165) is 5.56 Å². The average Bonchev–Trinajstić information content (AvgIpc) is 3.28. The maximum absolute atomic E-state index is 11.8. The zero-order valence-corrected chi connectivity index (χ0v) is 11.9. The van der Waals surface area contributed by atoms with Crippen molar-refractivity contribution in [3.63, 3.8) is 0 Å². The largest absolute Gasteiger partial charge is 0.480 e. The molecule has 0 saturated carbocycles. The van der Waals surface area contributed by atoms with Gasteiger partial charge in [0.1, 0.15) is 0 Å². The first-order chi connectivity index (χ1) is 10.5. The maximum atomic E-state index is 11.8. The smallest absolute Gasteiger partial charge is 0.325 e. The van der Waals surface area contributed by atoms with Crippen LogP contribution in [0.15, 0.2) is 42.5 Å². The fourth-order valence-corrected chi connectivity index (χ4v) is 2.80. The van der Waals surface area contributed by atoms with Gasteiger partial charge in [0.2, 0.25) is 0 Å². The molecule has 0 spiro atoms. The van der Waals surface area contributed by atoms with Gasteiger partial charge in [-0.25, -0.2) is 0 Å². The molecule has 2 N–H and O–H groups in total. The van der Waals surface area contributed by atoms with E-state index >= 15 is 0 Å². The van der Waals surface area contributed by atoms with Gasteiger partial charge in [0, 0.05) is 5.56 Å². The van der Waals surface area contributed by atoms with E-state index in [9.17, 15) is 19.8 Å². The van der Waals surface area contributed by atoms with Gasteiger partial charge < -0.3 is 14.9 Å². The minimum Gasteiger partial charge on any atom is -0.480 e. The Kier molecular flexibility index (Phi) is 3.13. The second kappa shape index (κ2) is 4.87. The van der Waals surface area contributed by atoms with Crippen LogP contribution in [0.5, 0.6) is 11.5 Å². The van der Waals surface area contributed by atoms with E-state index in [1.165, 1.54) is 0 Å². The molecule has 0 saturated heterocycles. The molecule has 5 heteroatoms. The highest BCUT2D eigenvalue weighted by Gasteiger charge is 2.52. The monoisotopic (exact) mass is 298 g/mol. The van der Waals surface area contributed by atoms with Gasteiger partial charge in [0.05, 0.1) is 0 Å². The highest BCUT2D eigenvalue weighted by atomic mass is 16.6. The summed E-state index contributed by atoms with van der Waals surface area (Å²) in [4.78, 5) is 23.6. The lowest BCUT2D eigenvalue weighted by atomic mass is 9.74. The normalized spacial score (nSPS) is 12.2. The molecule has 1 aliphatic heterocycles. The molecule has 3 rings (SSSR count). The van der Waals surface area contributed by atoms with Crippen LogP contribution in [-0.4, -0.2) is 22.2 Å². The molecule has 0 atom stereocenters. The molecule has 0 amide bonds. The SMILES string of the molecule is CCC(C(=O)O)(C(=O)O)c1c(-c2ccccc2)ccc2c1O2. The van der Waals surface area contributed by atoms with Crippen LogP contribution in [0.25, 0.3) is 11.1 Å². The highest BCUT2D eigenvalue weighted by molar-refractivity contribution is 6.08. The number of ether oxygens (including phenoxy) is 1. The summed E-state index contributed by atoms with van der Waals surface area (Å²) in [5.74, 6) is -1.87. The number of fused-ring (bicyclic) bond motifs is 1. The predicted molar refractivity (Wildman–Crippen MR) is 79.2 cm³/mol. The Bertz CT molecular complexity index is 750. The molecule has 22 heavy (non-hydrogen) atoms. The molecule has 0 unspecified atom stereocenters. The van der Waals surface area contributed by atoms with Gasteiger partial charge in [-0.3, -0.25) is 9.59 Å². The molecule has 2 aromatic rings. The van der Waals surface area contributed by atoms with Gasteiger partial charge >= 0.3 is 11.9 Å². The van der Waals surface area contributed by atoms with Gasteiger partial charge in [-0.2, -0.15) is 0 Å². The first-order valence-corrected chi connectivity index (χ1v) is 6.90. The summed E-state index contributed by atoms with van der Waals surface area (Å²) in [7, 11) is 0. The minimum absolute atomic E-state index is 0.0721. The van der Waals surface area contributed by atoms with Crippen LogP contribution in [-0.2, 0) is 15.0 Å². The molecule has 0 radical (unpaired) electrons. The Morgan fingerprint density at radius 1 is 1.05 bits per heavy atom. The molecule has 2 aromatic carbocycles. The van der Waals surface area contributed by atoms with E-state index < -0.39 is 17.4 Å². The Hall–Kier alpha value is -2.82. The van der Waals surface area contributed by atoms with E-state index in [4.69, 9.17) is 4.74 Å². The number of aliphatic carboxylic acids is 2. The van der Waals surface area contributed by atoms with Crippen molar-refractivity contribution in [3.8, 4) is 22.6 Å². The van der Waals surface area contributed by atoms with Crippen molar-refractivity contribution >= 4 is 11.9 Å². The van der Waals surface area contributed by atoms with Crippen LogP contribution in [0.2, 0.25) is 0 Å². The lowest BCUT2D eigenvalue weighted by Crippen LogP contribution is -2.43. The summed E-state index contributed by atoms with van der Waals surface area (Å²) in [5, 5.41) is 19.3. The summed E-state index contributed by atoms with van der Waals surface area (Å²) >= 11 is 0. The van der Waals surface area contributed by atoms with Crippen molar-refractivity contribution in [2.24, 2.45) is 0 Å². The Morgan fingerprint density at radius 3 is 2.23 bits per heavy atom. The number of carbonyl (C=O) groups is 2. The topological polar surface area (TPSA) is 87.1 Å². The van der Waals surface area contributed by atoms with E-state index in [1.54, 1.807) is 19.1 Å². The van der Waals surface area contributed by atoms with Gasteiger partial charge in [-0.15, -0.1) is 0 Å². The maximum Gasteiger partial charge on any atom is 0.325 e. The van der Waals surface area contributed by atoms with E-state index in [-0.39, 0.29) is 12.0 Å². The minimum atomic E-state index is -2.02. The molecule has 0 aromatic heterocycles. The van der Waals surface area contributed by atoms with E-state index in [2.05, 4.69) is 0 Å². The van der Waals surface area contributed by atoms with Gasteiger partial charge in [-0.05, 0) is 23.6 Å². The summed E-state index contributed by atoms with van der Waals surface area (Å²) in [6.45, 7) is 1.55.